The lowest BCUT2D eigenvalue weighted by atomic mass is 10.0. The summed E-state index contributed by atoms with van der Waals surface area (Å²) in [4.78, 5) is 28.0. The Morgan fingerprint density at radius 2 is 1.73 bits per heavy atom. The summed E-state index contributed by atoms with van der Waals surface area (Å²) in [6.45, 7) is 7.41. The van der Waals surface area contributed by atoms with Gasteiger partial charge in [-0.05, 0) is 44.2 Å². The highest BCUT2D eigenvalue weighted by Crippen LogP contribution is 2.30. The monoisotopic (exact) mass is 300 g/mol. The Morgan fingerprint density at radius 3 is 2.36 bits per heavy atom. The quantitative estimate of drug-likeness (QED) is 0.627. The number of hydrogen-bond acceptors (Lipinski definition) is 5. The molecule has 0 unspecified atom stereocenters. The zero-order valence-corrected chi connectivity index (χ0v) is 13.2. The minimum absolute atomic E-state index is 0.125. The number of anilines is 1. The van der Waals surface area contributed by atoms with Gasteiger partial charge in [0, 0.05) is 31.6 Å². The highest BCUT2D eigenvalue weighted by atomic mass is 16.4. The van der Waals surface area contributed by atoms with Crippen LogP contribution in [0, 0.1) is 13.8 Å². The fourth-order valence-corrected chi connectivity index (χ4v) is 2.93. The van der Waals surface area contributed by atoms with Gasteiger partial charge in [-0.1, -0.05) is 0 Å². The van der Waals surface area contributed by atoms with E-state index in [1.165, 1.54) is 0 Å². The van der Waals surface area contributed by atoms with E-state index in [9.17, 15) is 9.59 Å². The molecule has 3 rings (SSSR count). The lowest BCUT2D eigenvalue weighted by Gasteiger charge is -2.35. The van der Waals surface area contributed by atoms with Gasteiger partial charge < -0.3 is 14.2 Å². The van der Waals surface area contributed by atoms with Crippen LogP contribution in [0.1, 0.15) is 21.5 Å². The zero-order chi connectivity index (χ0) is 15.9. The first-order valence-electron chi connectivity index (χ1n) is 7.48. The summed E-state index contributed by atoms with van der Waals surface area (Å²) in [6.07, 6.45) is 0.619. The molecule has 1 fully saturated rings. The molecule has 1 aliphatic heterocycles. The summed E-state index contributed by atoms with van der Waals surface area (Å²) in [6, 6.07) is 3.88. The van der Waals surface area contributed by atoms with Crippen LogP contribution < -0.4 is 10.5 Å². The number of aryl methyl sites for hydroxylation is 2. The first-order valence-corrected chi connectivity index (χ1v) is 7.48. The lowest BCUT2D eigenvalue weighted by molar-refractivity contribution is 0.112. The number of fused-ring (bicyclic) bond motifs is 1. The van der Waals surface area contributed by atoms with Crippen LogP contribution in [-0.2, 0) is 0 Å². The van der Waals surface area contributed by atoms with Crippen molar-refractivity contribution in [2.24, 2.45) is 0 Å². The molecule has 5 nitrogen and oxygen atoms in total. The lowest BCUT2D eigenvalue weighted by Crippen LogP contribution is -2.45. The van der Waals surface area contributed by atoms with Crippen molar-refractivity contribution in [3.63, 3.8) is 0 Å². The van der Waals surface area contributed by atoms with Crippen LogP contribution in [-0.4, -0.2) is 44.4 Å². The third-order valence-corrected chi connectivity index (χ3v) is 4.47. The van der Waals surface area contributed by atoms with Crippen molar-refractivity contribution in [2.45, 2.75) is 13.8 Å². The van der Waals surface area contributed by atoms with E-state index in [0.717, 1.165) is 48.4 Å². The van der Waals surface area contributed by atoms with Gasteiger partial charge >= 0.3 is 5.63 Å². The Kier molecular flexibility index (Phi) is 3.74. The summed E-state index contributed by atoms with van der Waals surface area (Å²) in [5, 5.41) is 0.842. The molecule has 22 heavy (non-hydrogen) atoms. The molecule has 1 aromatic heterocycles. The van der Waals surface area contributed by atoms with Crippen LogP contribution in [0.25, 0.3) is 11.0 Å². The minimum Gasteiger partial charge on any atom is -0.422 e. The third kappa shape index (κ3) is 2.41. The van der Waals surface area contributed by atoms with Gasteiger partial charge in [0.2, 0.25) is 0 Å². The Bertz CT molecular complexity index is 787. The predicted octanol–water partition coefficient (Wildman–Crippen LogP) is 1.97. The van der Waals surface area contributed by atoms with Gasteiger partial charge in [-0.2, -0.15) is 0 Å². The van der Waals surface area contributed by atoms with Gasteiger partial charge in [-0.25, -0.2) is 4.79 Å². The molecule has 0 saturated carbocycles. The number of carbonyl (C=O) groups is 1. The van der Waals surface area contributed by atoms with E-state index in [4.69, 9.17) is 4.42 Å². The smallest absolute Gasteiger partial charge is 0.349 e. The standard InChI is InChI=1S/C17H20N2O3/c1-11-8-13-15(9-12(11)2)22-17(21)14(10-20)16(13)19-6-4-18(3)5-7-19/h8-10H,4-7H2,1-3H3. The molecule has 0 amide bonds. The van der Waals surface area contributed by atoms with Gasteiger partial charge in [-0.3, -0.25) is 4.79 Å². The highest BCUT2D eigenvalue weighted by Gasteiger charge is 2.23. The van der Waals surface area contributed by atoms with Crippen molar-refractivity contribution >= 4 is 22.9 Å². The van der Waals surface area contributed by atoms with Gasteiger partial charge in [-0.15, -0.1) is 0 Å². The predicted molar refractivity (Wildman–Crippen MR) is 87.1 cm³/mol. The molecule has 1 aromatic carbocycles. The molecule has 0 aliphatic carbocycles. The number of carbonyl (C=O) groups excluding carboxylic acids is 1. The topological polar surface area (TPSA) is 53.8 Å². The van der Waals surface area contributed by atoms with Crippen LogP contribution >= 0.6 is 0 Å². The number of rotatable bonds is 2. The Morgan fingerprint density at radius 1 is 1.09 bits per heavy atom. The fraction of sp³-hybridized carbons (Fsp3) is 0.412. The van der Waals surface area contributed by atoms with Crippen molar-refractivity contribution in [3.8, 4) is 0 Å². The Labute approximate surface area is 129 Å². The summed E-state index contributed by atoms with van der Waals surface area (Å²) in [5.41, 5.74) is 3.03. The van der Waals surface area contributed by atoms with Gasteiger partial charge in [0.15, 0.2) is 6.29 Å². The zero-order valence-electron chi connectivity index (χ0n) is 13.2. The maximum absolute atomic E-state index is 12.2. The molecular formula is C17H20N2O3. The molecule has 0 radical (unpaired) electrons. The largest absolute Gasteiger partial charge is 0.422 e. The van der Waals surface area contributed by atoms with Crippen LogP contribution in [0.4, 0.5) is 5.69 Å². The second-order valence-corrected chi connectivity index (χ2v) is 5.99. The van der Waals surface area contributed by atoms with Gasteiger partial charge in [0.1, 0.15) is 11.1 Å². The van der Waals surface area contributed by atoms with Crippen LogP contribution in [0.5, 0.6) is 0 Å². The van der Waals surface area contributed by atoms with E-state index in [1.807, 2.05) is 26.0 Å². The molecule has 2 heterocycles. The Hall–Kier alpha value is -2.14. The molecule has 0 spiro atoms. The maximum atomic E-state index is 12.2. The number of nitrogens with zero attached hydrogens (tertiary/aromatic N) is 2. The van der Waals surface area contributed by atoms with E-state index in [2.05, 4.69) is 16.8 Å². The van der Waals surface area contributed by atoms with Crippen molar-refractivity contribution in [2.75, 3.05) is 38.1 Å². The minimum atomic E-state index is -0.556. The fourth-order valence-electron chi connectivity index (χ4n) is 2.93. The molecule has 0 bridgehead atoms. The first kappa shape index (κ1) is 14.8. The second kappa shape index (κ2) is 5.57. The molecule has 116 valence electrons. The van der Waals surface area contributed by atoms with E-state index in [0.29, 0.717) is 11.9 Å². The van der Waals surface area contributed by atoms with E-state index in [-0.39, 0.29) is 5.56 Å². The number of benzene rings is 1. The molecule has 2 aromatic rings. The summed E-state index contributed by atoms with van der Waals surface area (Å²) >= 11 is 0. The summed E-state index contributed by atoms with van der Waals surface area (Å²) in [7, 11) is 2.07. The van der Waals surface area contributed by atoms with Crippen LogP contribution in [0.15, 0.2) is 21.3 Å². The molecule has 1 saturated heterocycles. The number of aldehydes is 1. The van der Waals surface area contributed by atoms with Crippen LogP contribution in [0.2, 0.25) is 0 Å². The van der Waals surface area contributed by atoms with E-state index >= 15 is 0 Å². The number of hydrogen-bond donors (Lipinski definition) is 0. The van der Waals surface area contributed by atoms with E-state index < -0.39 is 5.63 Å². The molecule has 0 N–H and O–H groups in total. The van der Waals surface area contributed by atoms with Crippen LogP contribution in [0.3, 0.4) is 0 Å². The highest BCUT2D eigenvalue weighted by molar-refractivity contribution is 6.00. The molecular weight excluding hydrogens is 280 g/mol. The van der Waals surface area contributed by atoms with Crippen molar-refractivity contribution in [3.05, 3.63) is 39.2 Å². The third-order valence-electron chi connectivity index (χ3n) is 4.47. The Balaban J connectivity index is 2.27. The second-order valence-electron chi connectivity index (χ2n) is 5.99. The van der Waals surface area contributed by atoms with Crippen molar-refractivity contribution < 1.29 is 9.21 Å². The maximum Gasteiger partial charge on any atom is 0.349 e. The average molecular weight is 300 g/mol. The molecule has 0 atom stereocenters. The first-order chi connectivity index (χ1) is 10.5. The normalized spacial score (nSPS) is 16.2. The van der Waals surface area contributed by atoms with E-state index in [1.54, 1.807) is 0 Å². The van der Waals surface area contributed by atoms with Gasteiger partial charge in [0.25, 0.3) is 0 Å². The van der Waals surface area contributed by atoms with Gasteiger partial charge in [0.05, 0.1) is 5.69 Å². The number of likely N-dealkylation sites (N-methyl/N-ethyl adjacent to an activating group) is 1. The number of piperazine rings is 1. The summed E-state index contributed by atoms with van der Waals surface area (Å²) < 4.78 is 5.35. The molecule has 1 aliphatic rings. The average Bonchev–Trinajstić information content (AvgIpc) is 2.49. The SMILES string of the molecule is Cc1cc2oc(=O)c(C=O)c(N3CCN(C)CC3)c2cc1C. The molecule has 5 heteroatoms. The van der Waals surface area contributed by atoms with Crippen molar-refractivity contribution in [1.29, 1.82) is 0 Å². The van der Waals surface area contributed by atoms with Crippen molar-refractivity contribution in [1.82, 2.24) is 4.90 Å². The summed E-state index contributed by atoms with van der Waals surface area (Å²) in [5.74, 6) is 0.